The third-order valence-electron chi connectivity index (χ3n) is 2.60. The molecule has 0 aliphatic heterocycles. The Morgan fingerprint density at radius 1 is 1.44 bits per heavy atom. The first-order chi connectivity index (χ1) is 7.60. The molecule has 1 aromatic rings. The third-order valence-corrected chi connectivity index (χ3v) is 3.13. The van der Waals surface area contributed by atoms with Crippen LogP contribution in [0.2, 0.25) is 0 Å². The van der Waals surface area contributed by atoms with E-state index in [2.05, 4.69) is 45.0 Å². The van der Waals surface area contributed by atoms with Crippen LogP contribution in [0.3, 0.4) is 0 Å². The van der Waals surface area contributed by atoms with Gasteiger partial charge in [-0.2, -0.15) is 0 Å². The minimum Gasteiger partial charge on any atom is -0.303 e. The number of aromatic nitrogens is 3. The maximum atomic E-state index is 11.9. The number of Topliss-reactive ketones (excluding diaryl/α,β-unsaturated/α-hetero) is 1. The van der Waals surface area contributed by atoms with Crippen LogP contribution >= 0.6 is 15.9 Å². The Hall–Kier alpha value is -0.750. The molecule has 16 heavy (non-hydrogen) atoms. The standard InChI is InChI=1S/C10H17BrN4O/c1-4-15(5-2)7-6-8(16)9-10(11)12-13-14(9)3/h4-7H2,1-3H3. The molecule has 0 aromatic carbocycles. The first-order valence-corrected chi connectivity index (χ1v) is 6.20. The lowest BCUT2D eigenvalue weighted by molar-refractivity contribution is 0.0956. The second kappa shape index (κ2) is 6.10. The highest BCUT2D eigenvalue weighted by atomic mass is 79.9. The van der Waals surface area contributed by atoms with Crippen molar-refractivity contribution >= 4 is 21.7 Å². The fraction of sp³-hybridized carbons (Fsp3) is 0.700. The number of hydrogen-bond acceptors (Lipinski definition) is 4. The molecule has 0 fully saturated rings. The van der Waals surface area contributed by atoms with E-state index in [9.17, 15) is 4.79 Å². The second-order valence-corrected chi connectivity index (χ2v) is 4.30. The van der Waals surface area contributed by atoms with E-state index in [0.29, 0.717) is 16.7 Å². The minimum atomic E-state index is 0.0753. The molecule has 0 aliphatic carbocycles. The number of hydrogen-bond donors (Lipinski definition) is 0. The van der Waals surface area contributed by atoms with Gasteiger partial charge >= 0.3 is 0 Å². The smallest absolute Gasteiger partial charge is 0.184 e. The topological polar surface area (TPSA) is 51.0 Å². The second-order valence-electron chi connectivity index (χ2n) is 3.55. The van der Waals surface area contributed by atoms with Crippen molar-refractivity contribution in [1.29, 1.82) is 0 Å². The molecule has 0 saturated carbocycles. The summed E-state index contributed by atoms with van der Waals surface area (Å²) >= 11 is 3.23. The van der Waals surface area contributed by atoms with Gasteiger partial charge < -0.3 is 4.90 Å². The molecule has 0 bridgehead atoms. The summed E-state index contributed by atoms with van der Waals surface area (Å²) in [7, 11) is 1.72. The van der Waals surface area contributed by atoms with Gasteiger partial charge in [0.15, 0.2) is 10.4 Å². The van der Waals surface area contributed by atoms with Gasteiger partial charge in [0.25, 0.3) is 0 Å². The SMILES string of the molecule is CCN(CC)CCC(=O)c1c(Br)nnn1C. The number of aryl methyl sites for hydroxylation is 1. The van der Waals surface area contributed by atoms with E-state index in [-0.39, 0.29) is 5.78 Å². The summed E-state index contributed by atoms with van der Waals surface area (Å²) in [5.41, 5.74) is 0.548. The quantitative estimate of drug-likeness (QED) is 0.745. The highest BCUT2D eigenvalue weighted by Crippen LogP contribution is 2.13. The van der Waals surface area contributed by atoms with Gasteiger partial charge in [0.2, 0.25) is 0 Å². The van der Waals surface area contributed by atoms with Crippen LogP contribution in [0.4, 0.5) is 0 Å². The molecule has 5 nitrogen and oxygen atoms in total. The van der Waals surface area contributed by atoms with E-state index in [1.54, 1.807) is 7.05 Å². The van der Waals surface area contributed by atoms with Crippen LogP contribution in [0.1, 0.15) is 30.8 Å². The summed E-state index contributed by atoms with van der Waals surface area (Å²) in [5, 5.41) is 7.59. The number of carbonyl (C=O) groups is 1. The summed E-state index contributed by atoms with van der Waals surface area (Å²) in [6.07, 6.45) is 0.501. The van der Waals surface area contributed by atoms with Gasteiger partial charge in [-0.1, -0.05) is 19.1 Å². The largest absolute Gasteiger partial charge is 0.303 e. The summed E-state index contributed by atoms with van der Waals surface area (Å²) in [5.74, 6) is 0.0753. The normalized spacial score (nSPS) is 11.1. The number of rotatable bonds is 6. The van der Waals surface area contributed by atoms with E-state index < -0.39 is 0 Å². The summed E-state index contributed by atoms with van der Waals surface area (Å²) in [4.78, 5) is 14.1. The summed E-state index contributed by atoms with van der Waals surface area (Å²) in [6.45, 7) is 6.90. The lowest BCUT2D eigenvalue weighted by Gasteiger charge is -2.16. The number of nitrogens with zero attached hydrogens (tertiary/aromatic N) is 4. The van der Waals surface area contributed by atoms with Crippen molar-refractivity contribution in [3.8, 4) is 0 Å². The molecule has 0 unspecified atom stereocenters. The van der Waals surface area contributed by atoms with E-state index in [0.717, 1.165) is 19.6 Å². The fourth-order valence-corrected chi connectivity index (χ4v) is 2.09. The van der Waals surface area contributed by atoms with Crippen LogP contribution in [0.5, 0.6) is 0 Å². The predicted molar refractivity (Wildman–Crippen MR) is 65.4 cm³/mol. The lowest BCUT2D eigenvalue weighted by atomic mass is 10.2. The van der Waals surface area contributed by atoms with Crippen LogP contribution in [0.15, 0.2) is 4.60 Å². The Labute approximate surface area is 104 Å². The molecule has 0 aliphatic rings. The molecule has 1 aromatic heterocycles. The third kappa shape index (κ3) is 3.12. The van der Waals surface area contributed by atoms with Gasteiger partial charge in [-0.25, -0.2) is 4.68 Å². The monoisotopic (exact) mass is 288 g/mol. The Balaban J connectivity index is 2.59. The molecule has 0 atom stereocenters. The molecule has 1 rings (SSSR count). The van der Waals surface area contributed by atoms with E-state index in [1.807, 2.05) is 0 Å². The van der Waals surface area contributed by atoms with Gasteiger partial charge in [-0.15, -0.1) is 5.10 Å². The highest BCUT2D eigenvalue weighted by Gasteiger charge is 2.17. The molecule has 0 N–H and O–H groups in total. The van der Waals surface area contributed by atoms with Gasteiger partial charge in [-0.05, 0) is 29.0 Å². The van der Waals surface area contributed by atoms with Crippen LogP contribution in [-0.2, 0) is 7.05 Å². The average Bonchev–Trinajstić information content (AvgIpc) is 2.60. The number of ketones is 1. The number of halogens is 1. The Bertz CT molecular complexity index is 340. The van der Waals surface area contributed by atoms with Gasteiger partial charge in [0, 0.05) is 20.0 Å². The van der Waals surface area contributed by atoms with Crippen LogP contribution in [0, 0.1) is 0 Å². The molecule has 0 spiro atoms. The van der Waals surface area contributed by atoms with E-state index in [4.69, 9.17) is 0 Å². The maximum Gasteiger partial charge on any atom is 0.184 e. The first kappa shape index (κ1) is 13.3. The number of carbonyl (C=O) groups excluding carboxylic acids is 1. The maximum absolute atomic E-state index is 11.9. The summed E-state index contributed by atoms with van der Waals surface area (Å²) < 4.78 is 2.04. The predicted octanol–water partition coefficient (Wildman–Crippen LogP) is 1.49. The van der Waals surface area contributed by atoms with Crippen LogP contribution < -0.4 is 0 Å². The van der Waals surface area contributed by atoms with E-state index in [1.165, 1.54) is 4.68 Å². The lowest BCUT2D eigenvalue weighted by Crippen LogP contribution is -2.26. The van der Waals surface area contributed by atoms with Gasteiger partial charge in [0.1, 0.15) is 5.69 Å². The molecule has 0 radical (unpaired) electrons. The highest BCUT2D eigenvalue weighted by molar-refractivity contribution is 9.10. The molecular weight excluding hydrogens is 272 g/mol. The van der Waals surface area contributed by atoms with Crippen molar-refractivity contribution in [2.24, 2.45) is 7.05 Å². The molecule has 0 saturated heterocycles. The Morgan fingerprint density at radius 2 is 2.06 bits per heavy atom. The summed E-state index contributed by atoms with van der Waals surface area (Å²) in [6, 6.07) is 0. The molecule has 6 heteroatoms. The average molecular weight is 289 g/mol. The van der Waals surface area contributed by atoms with Crippen molar-refractivity contribution in [2.45, 2.75) is 20.3 Å². The zero-order valence-corrected chi connectivity index (χ0v) is 11.5. The molecule has 1 heterocycles. The van der Waals surface area contributed by atoms with Gasteiger partial charge in [0.05, 0.1) is 0 Å². The van der Waals surface area contributed by atoms with Crippen molar-refractivity contribution in [2.75, 3.05) is 19.6 Å². The van der Waals surface area contributed by atoms with E-state index >= 15 is 0 Å². The van der Waals surface area contributed by atoms with Crippen molar-refractivity contribution < 1.29 is 4.79 Å². The minimum absolute atomic E-state index is 0.0753. The molecule has 90 valence electrons. The van der Waals surface area contributed by atoms with Crippen LogP contribution in [-0.4, -0.2) is 45.3 Å². The van der Waals surface area contributed by atoms with Gasteiger partial charge in [-0.3, -0.25) is 4.79 Å². The Morgan fingerprint density at radius 3 is 2.50 bits per heavy atom. The zero-order chi connectivity index (χ0) is 12.1. The van der Waals surface area contributed by atoms with Crippen molar-refractivity contribution in [1.82, 2.24) is 19.9 Å². The first-order valence-electron chi connectivity index (χ1n) is 5.40. The molecule has 0 amide bonds. The van der Waals surface area contributed by atoms with Crippen LogP contribution in [0.25, 0.3) is 0 Å². The van der Waals surface area contributed by atoms with Crippen molar-refractivity contribution in [3.05, 3.63) is 10.3 Å². The fourth-order valence-electron chi connectivity index (χ4n) is 1.55. The zero-order valence-electron chi connectivity index (χ0n) is 9.90. The molecular formula is C10H17BrN4O. The van der Waals surface area contributed by atoms with Crippen molar-refractivity contribution in [3.63, 3.8) is 0 Å². The Kier molecular flexibility index (Phi) is 5.08.